The maximum atomic E-state index is 9.80. The minimum absolute atomic E-state index is 0.0400. The van der Waals surface area contributed by atoms with Crippen LogP contribution >= 0.6 is 15.9 Å². The lowest BCUT2D eigenvalue weighted by Crippen LogP contribution is -2.31. The molecule has 9 rings (SSSR count). The Morgan fingerprint density at radius 3 is 2.02 bits per heavy atom. The van der Waals surface area contributed by atoms with Crippen molar-refractivity contribution in [3.63, 3.8) is 0 Å². The van der Waals surface area contributed by atoms with Crippen LogP contribution in [0.5, 0.6) is 34.8 Å². The predicted octanol–water partition coefficient (Wildman–Crippen LogP) is 6.51. The molecule has 4 aliphatic rings. The van der Waals surface area contributed by atoms with Gasteiger partial charge in [0.2, 0.25) is 11.8 Å². The van der Waals surface area contributed by atoms with Gasteiger partial charge >= 0.3 is 0 Å². The Bertz CT molecular complexity index is 2230. The number of benzene rings is 2. The van der Waals surface area contributed by atoms with Gasteiger partial charge in [-0.25, -0.2) is 20.0 Å². The molecule has 2 spiro atoms. The third-order valence-corrected chi connectivity index (χ3v) is 9.34. The summed E-state index contributed by atoms with van der Waals surface area (Å²) in [6.07, 6.45) is 6.97. The van der Waals surface area contributed by atoms with Gasteiger partial charge in [-0.3, -0.25) is 4.98 Å². The molecule has 0 fully saturated rings. The number of nitrogens with two attached hydrogens (primary N) is 2. The number of aliphatic imine (C=N–C) groups is 2. The fourth-order valence-electron chi connectivity index (χ4n) is 6.48. The fourth-order valence-corrected chi connectivity index (χ4v) is 6.81. The van der Waals surface area contributed by atoms with E-state index in [1.165, 1.54) is 0 Å². The number of fused-ring (bicyclic) bond motifs is 8. The highest BCUT2D eigenvalue weighted by molar-refractivity contribution is 9.10. The van der Waals surface area contributed by atoms with Crippen LogP contribution in [0.25, 0.3) is 11.1 Å². The lowest BCUT2D eigenvalue weighted by atomic mass is 9.81. The van der Waals surface area contributed by atoms with E-state index in [-0.39, 0.29) is 36.4 Å². The summed E-state index contributed by atoms with van der Waals surface area (Å²) in [5, 5.41) is 9.80. The molecule has 0 aliphatic carbocycles. The molecular weight excluding hydrogens is 730 g/mol. The van der Waals surface area contributed by atoms with Crippen molar-refractivity contribution in [1.29, 1.82) is 0 Å². The van der Waals surface area contributed by atoms with E-state index < -0.39 is 11.1 Å². The molecule has 3 aromatic heterocycles. The van der Waals surface area contributed by atoms with Gasteiger partial charge in [0.05, 0.1) is 17.7 Å². The third-order valence-electron chi connectivity index (χ3n) is 8.91. The first kappa shape index (κ1) is 33.3. The molecule has 2 atom stereocenters. The Balaban J connectivity index is 0.000000160. The molecule has 7 heterocycles. The number of phenolic OH excluding ortho intramolecular Hbond substituents is 1. The van der Waals surface area contributed by atoms with Gasteiger partial charge in [0.15, 0.2) is 11.1 Å². The van der Waals surface area contributed by atoms with Crippen molar-refractivity contribution in [2.45, 2.75) is 31.8 Å². The Kier molecular flexibility index (Phi) is 7.94. The number of nitrogens with zero attached hydrogens (tertiary/aromatic N) is 5. The quantitative estimate of drug-likeness (QED) is 0.182. The number of aromatic nitrogens is 3. The highest BCUT2D eigenvalue weighted by Gasteiger charge is 2.49. The Morgan fingerprint density at radius 2 is 1.40 bits per heavy atom. The smallest absolute Gasteiger partial charge is 0.283 e. The number of rotatable bonds is 3. The molecule has 5 aromatic rings. The zero-order valence-electron chi connectivity index (χ0n) is 28.5. The number of halogens is 1. The van der Waals surface area contributed by atoms with Gasteiger partial charge in [-0.15, -0.1) is 0 Å². The minimum Gasteiger partial charge on any atom is -0.508 e. The van der Waals surface area contributed by atoms with E-state index in [1.807, 2.05) is 42.5 Å². The molecular formula is C38H34BrN7O6. The van der Waals surface area contributed by atoms with Gasteiger partial charge in [0, 0.05) is 51.5 Å². The molecule has 264 valence electrons. The van der Waals surface area contributed by atoms with Crippen LogP contribution in [-0.2, 0) is 20.6 Å². The molecule has 0 radical (unpaired) electrons. The maximum absolute atomic E-state index is 9.80. The molecule has 2 aromatic carbocycles. The van der Waals surface area contributed by atoms with Gasteiger partial charge in [-0.05, 0) is 75.9 Å². The van der Waals surface area contributed by atoms with Crippen LogP contribution < -0.4 is 25.7 Å². The van der Waals surface area contributed by atoms with Crippen LogP contribution in [0.2, 0.25) is 0 Å². The average Bonchev–Trinajstić information content (AvgIpc) is 3.72. The van der Waals surface area contributed by atoms with E-state index in [1.54, 1.807) is 43.0 Å². The zero-order valence-corrected chi connectivity index (χ0v) is 30.0. The van der Waals surface area contributed by atoms with Crippen molar-refractivity contribution in [1.82, 2.24) is 15.0 Å². The van der Waals surface area contributed by atoms with Crippen LogP contribution in [0, 0.1) is 5.41 Å². The van der Waals surface area contributed by atoms with Crippen molar-refractivity contribution in [3.8, 4) is 45.9 Å². The standard InChI is InChI=1S/C24H24N4O3.C14H10BrN3O3/c1-23(2,3)13-29-17-6-7-20-18(10-17)24(14-30-22(25)28-24)19-9-16(12-27-21(19)31-20)15-5-4-8-26-11-15;15-7-3-10-12(17-5-7)21-11-2-1-8(19)4-9(11)14(10)6-20-13(16)18-14/h4-12H,13-14H2,1-3H3,(H2,25,28);1-5,19H,6H2,(H2,16,18)/t24-;14-/m00/s1. The first-order chi connectivity index (χ1) is 24.9. The summed E-state index contributed by atoms with van der Waals surface area (Å²) in [4.78, 5) is 22.3. The first-order valence-corrected chi connectivity index (χ1v) is 17.2. The van der Waals surface area contributed by atoms with Crippen molar-refractivity contribution in [3.05, 3.63) is 112 Å². The second-order valence-electron chi connectivity index (χ2n) is 13.9. The summed E-state index contributed by atoms with van der Waals surface area (Å²) in [6, 6.07) is 18.6. The Hall–Kier alpha value is -5.89. The number of aromatic hydroxyl groups is 1. The van der Waals surface area contributed by atoms with E-state index >= 15 is 0 Å². The number of hydrogen-bond acceptors (Lipinski definition) is 13. The van der Waals surface area contributed by atoms with E-state index in [9.17, 15) is 5.11 Å². The van der Waals surface area contributed by atoms with Crippen LogP contribution in [0.15, 0.2) is 99.9 Å². The molecule has 0 amide bonds. The second-order valence-corrected chi connectivity index (χ2v) is 14.8. The predicted molar refractivity (Wildman–Crippen MR) is 196 cm³/mol. The summed E-state index contributed by atoms with van der Waals surface area (Å²) in [5.41, 5.74) is 15.0. The summed E-state index contributed by atoms with van der Waals surface area (Å²) in [7, 11) is 0. The van der Waals surface area contributed by atoms with E-state index in [2.05, 4.69) is 56.6 Å². The van der Waals surface area contributed by atoms with E-state index in [4.69, 9.17) is 40.1 Å². The van der Waals surface area contributed by atoms with Gasteiger partial charge in [0.25, 0.3) is 12.0 Å². The average molecular weight is 765 g/mol. The Labute approximate surface area is 307 Å². The van der Waals surface area contributed by atoms with Crippen LogP contribution in [0.3, 0.4) is 0 Å². The highest BCUT2D eigenvalue weighted by atomic mass is 79.9. The van der Waals surface area contributed by atoms with Gasteiger partial charge in [-0.1, -0.05) is 26.8 Å². The SMILES string of the molecule is CC(C)(C)COc1ccc2c(c1)[C@@]1(COC(N)=N1)c1cc(-c3cccnc3)cnc1O2.NC1=N[C@@]2(CO1)c1cc(O)ccc1Oc1ncc(Br)cc12. The molecule has 13 nitrogen and oxygen atoms in total. The zero-order chi connectivity index (χ0) is 36.3. The van der Waals surface area contributed by atoms with E-state index in [0.717, 1.165) is 38.0 Å². The number of pyridine rings is 3. The molecule has 5 N–H and O–H groups in total. The monoisotopic (exact) mass is 763 g/mol. The largest absolute Gasteiger partial charge is 0.508 e. The molecule has 0 saturated carbocycles. The van der Waals surface area contributed by atoms with Crippen LogP contribution in [0.4, 0.5) is 0 Å². The molecule has 52 heavy (non-hydrogen) atoms. The second kappa shape index (κ2) is 12.4. The molecule has 0 saturated heterocycles. The first-order valence-electron chi connectivity index (χ1n) is 16.4. The van der Waals surface area contributed by atoms with Gasteiger partial charge in [-0.2, -0.15) is 0 Å². The Morgan fingerprint density at radius 1 is 0.769 bits per heavy atom. The van der Waals surface area contributed by atoms with Gasteiger partial charge in [0.1, 0.15) is 36.2 Å². The lowest BCUT2D eigenvalue weighted by molar-refractivity contribution is 0.197. The van der Waals surface area contributed by atoms with Crippen molar-refractivity contribution in [2.75, 3.05) is 19.8 Å². The molecule has 0 unspecified atom stereocenters. The number of hydrogen-bond donors (Lipinski definition) is 3. The van der Waals surface area contributed by atoms with E-state index in [0.29, 0.717) is 35.4 Å². The van der Waals surface area contributed by atoms with Gasteiger partial charge < -0.3 is 40.3 Å². The highest BCUT2D eigenvalue weighted by Crippen LogP contribution is 2.53. The lowest BCUT2D eigenvalue weighted by Gasteiger charge is -2.33. The fraction of sp³-hybridized carbons (Fsp3) is 0.237. The minimum atomic E-state index is -0.848. The number of phenols is 1. The number of ether oxygens (including phenoxy) is 5. The topological polar surface area (TPSA) is 182 Å². The molecule has 4 aliphatic heterocycles. The van der Waals surface area contributed by atoms with Crippen molar-refractivity contribution in [2.24, 2.45) is 26.9 Å². The van der Waals surface area contributed by atoms with Crippen LogP contribution in [-0.4, -0.2) is 51.9 Å². The maximum Gasteiger partial charge on any atom is 0.283 e. The summed E-state index contributed by atoms with van der Waals surface area (Å²) >= 11 is 3.40. The normalized spacial score (nSPS) is 20.3. The molecule has 14 heteroatoms. The summed E-state index contributed by atoms with van der Waals surface area (Å²) < 4.78 is 29.8. The summed E-state index contributed by atoms with van der Waals surface area (Å²) in [6.45, 7) is 7.49. The van der Waals surface area contributed by atoms with Crippen molar-refractivity contribution < 1.29 is 28.8 Å². The summed E-state index contributed by atoms with van der Waals surface area (Å²) in [5.74, 6) is 3.07. The molecule has 0 bridgehead atoms. The third kappa shape index (κ3) is 5.88. The van der Waals surface area contributed by atoms with Crippen molar-refractivity contribution >= 4 is 28.0 Å². The number of amidine groups is 2. The van der Waals surface area contributed by atoms with Crippen LogP contribution in [0.1, 0.15) is 43.0 Å².